The molecule has 0 fully saturated rings. The minimum Gasteiger partial charge on any atom is -0.444 e. The summed E-state index contributed by atoms with van der Waals surface area (Å²) in [5, 5.41) is 3.00. The molecular weight excluding hydrogens is 407 g/mol. The van der Waals surface area contributed by atoms with Crippen molar-refractivity contribution in [1.82, 2.24) is 10.2 Å². The summed E-state index contributed by atoms with van der Waals surface area (Å²) in [4.78, 5) is 17.3. The molecule has 0 heterocycles. The Kier molecular flexibility index (Phi) is 8.96. The van der Waals surface area contributed by atoms with Crippen LogP contribution < -0.4 is 11.1 Å². The van der Waals surface area contributed by atoms with E-state index < -0.39 is 5.60 Å². The third-order valence-corrected chi connectivity index (χ3v) is 2.86. The highest BCUT2D eigenvalue weighted by Gasteiger charge is 2.19. The van der Waals surface area contributed by atoms with Crippen LogP contribution >= 0.6 is 24.0 Å². The normalized spacial score (nSPS) is 11.4. The standard InChI is InChI=1S/C16H26N4O2.HI/c1-16(2,3)22-15(21)20(5)11-13-8-6-12(7-9-13)10-19-14(17)18-4;/h6-9H,10-11H2,1-5H3,(H3,17,18,19);1H. The summed E-state index contributed by atoms with van der Waals surface area (Å²) < 4.78 is 5.32. The van der Waals surface area contributed by atoms with E-state index in [2.05, 4.69) is 10.3 Å². The lowest BCUT2D eigenvalue weighted by Crippen LogP contribution is -2.33. The second kappa shape index (κ2) is 9.59. The molecule has 1 amide bonds. The van der Waals surface area contributed by atoms with Crippen molar-refractivity contribution in [3.63, 3.8) is 0 Å². The number of carbonyl (C=O) groups is 1. The SMILES string of the molecule is CN=C(N)NCc1ccc(CN(C)C(=O)OC(C)(C)C)cc1.I. The van der Waals surface area contributed by atoms with Crippen LogP contribution in [0.4, 0.5) is 4.79 Å². The van der Waals surface area contributed by atoms with Gasteiger partial charge in [0.25, 0.3) is 0 Å². The zero-order valence-electron chi connectivity index (χ0n) is 14.4. The van der Waals surface area contributed by atoms with E-state index in [0.717, 1.165) is 11.1 Å². The van der Waals surface area contributed by atoms with Crippen molar-refractivity contribution >= 4 is 36.0 Å². The Morgan fingerprint density at radius 3 is 2.26 bits per heavy atom. The predicted octanol–water partition coefficient (Wildman–Crippen LogP) is 2.71. The van der Waals surface area contributed by atoms with Gasteiger partial charge in [-0.25, -0.2) is 4.79 Å². The molecule has 1 aromatic carbocycles. The number of carbonyl (C=O) groups excluding carboxylic acids is 1. The van der Waals surface area contributed by atoms with Gasteiger partial charge in [0.2, 0.25) is 0 Å². The molecule has 0 bridgehead atoms. The second-order valence-electron chi connectivity index (χ2n) is 6.12. The van der Waals surface area contributed by atoms with E-state index in [1.54, 1.807) is 19.0 Å². The number of halogens is 1. The van der Waals surface area contributed by atoms with Crippen LogP contribution in [0.25, 0.3) is 0 Å². The van der Waals surface area contributed by atoms with Crippen molar-refractivity contribution in [2.75, 3.05) is 14.1 Å². The summed E-state index contributed by atoms with van der Waals surface area (Å²) in [5.41, 5.74) is 7.23. The molecule has 6 nitrogen and oxygen atoms in total. The van der Waals surface area contributed by atoms with Crippen molar-refractivity contribution in [3.8, 4) is 0 Å². The molecule has 0 aliphatic carbocycles. The Labute approximate surface area is 155 Å². The molecular formula is C16H27IN4O2. The highest BCUT2D eigenvalue weighted by molar-refractivity contribution is 14.0. The molecule has 0 aliphatic heterocycles. The Bertz CT molecular complexity index is 524. The maximum Gasteiger partial charge on any atom is 0.410 e. The summed E-state index contributed by atoms with van der Waals surface area (Å²) in [6.07, 6.45) is -0.329. The van der Waals surface area contributed by atoms with Crippen LogP contribution in [0.2, 0.25) is 0 Å². The topological polar surface area (TPSA) is 80.0 Å². The van der Waals surface area contributed by atoms with Crippen molar-refractivity contribution in [1.29, 1.82) is 0 Å². The Morgan fingerprint density at radius 1 is 1.26 bits per heavy atom. The first-order valence-electron chi connectivity index (χ1n) is 7.19. The first-order valence-corrected chi connectivity index (χ1v) is 7.19. The number of amides is 1. The van der Waals surface area contributed by atoms with E-state index in [9.17, 15) is 4.79 Å². The van der Waals surface area contributed by atoms with Gasteiger partial charge in [-0.3, -0.25) is 4.99 Å². The lowest BCUT2D eigenvalue weighted by molar-refractivity contribution is 0.0285. The van der Waals surface area contributed by atoms with E-state index in [4.69, 9.17) is 10.5 Å². The van der Waals surface area contributed by atoms with Crippen LogP contribution in [0.1, 0.15) is 31.9 Å². The molecule has 7 heteroatoms. The molecule has 0 saturated heterocycles. The Hall–Kier alpha value is -1.51. The number of ether oxygens (including phenoxy) is 1. The molecule has 0 aliphatic rings. The van der Waals surface area contributed by atoms with E-state index >= 15 is 0 Å². The molecule has 0 radical (unpaired) electrons. The fraction of sp³-hybridized carbons (Fsp3) is 0.500. The lowest BCUT2D eigenvalue weighted by atomic mass is 10.1. The van der Waals surface area contributed by atoms with Gasteiger partial charge in [0.05, 0.1) is 0 Å². The van der Waals surface area contributed by atoms with Crippen LogP contribution in [-0.2, 0) is 17.8 Å². The molecule has 0 aromatic heterocycles. The fourth-order valence-corrected chi connectivity index (χ4v) is 1.71. The van der Waals surface area contributed by atoms with Crippen molar-refractivity contribution in [3.05, 3.63) is 35.4 Å². The van der Waals surface area contributed by atoms with Crippen LogP contribution in [0.15, 0.2) is 29.3 Å². The molecule has 0 unspecified atom stereocenters. The zero-order chi connectivity index (χ0) is 16.8. The third kappa shape index (κ3) is 8.63. The first-order chi connectivity index (χ1) is 10.2. The molecule has 3 N–H and O–H groups in total. The average molecular weight is 434 g/mol. The number of nitrogens with two attached hydrogens (primary N) is 1. The number of aliphatic imine (C=N–C) groups is 1. The number of guanidine groups is 1. The highest BCUT2D eigenvalue weighted by Crippen LogP contribution is 2.12. The Morgan fingerprint density at radius 2 is 1.78 bits per heavy atom. The quantitative estimate of drug-likeness (QED) is 0.434. The van der Waals surface area contributed by atoms with Crippen LogP contribution in [0.3, 0.4) is 0 Å². The van der Waals surface area contributed by atoms with Gasteiger partial charge in [0.15, 0.2) is 5.96 Å². The number of hydrogen-bond acceptors (Lipinski definition) is 3. The molecule has 0 saturated carbocycles. The number of rotatable bonds is 4. The lowest BCUT2D eigenvalue weighted by Gasteiger charge is -2.24. The van der Waals surface area contributed by atoms with Crippen molar-refractivity contribution in [2.24, 2.45) is 10.7 Å². The van der Waals surface area contributed by atoms with Crippen LogP contribution in [-0.4, -0.2) is 36.6 Å². The zero-order valence-corrected chi connectivity index (χ0v) is 16.8. The largest absolute Gasteiger partial charge is 0.444 e. The summed E-state index contributed by atoms with van der Waals surface area (Å²) in [6.45, 7) is 6.68. The van der Waals surface area contributed by atoms with Crippen molar-refractivity contribution < 1.29 is 9.53 Å². The fourth-order valence-electron chi connectivity index (χ4n) is 1.71. The van der Waals surface area contributed by atoms with E-state index in [1.807, 2.05) is 45.0 Å². The number of benzene rings is 1. The van der Waals surface area contributed by atoms with Gasteiger partial charge in [-0.15, -0.1) is 24.0 Å². The summed E-state index contributed by atoms with van der Waals surface area (Å²) in [6, 6.07) is 7.96. The minimum absolute atomic E-state index is 0. The average Bonchev–Trinajstić information content (AvgIpc) is 2.44. The molecule has 23 heavy (non-hydrogen) atoms. The summed E-state index contributed by atoms with van der Waals surface area (Å²) >= 11 is 0. The first kappa shape index (κ1) is 21.5. The van der Waals surface area contributed by atoms with Gasteiger partial charge in [-0.1, -0.05) is 24.3 Å². The molecule has 130 valence electrons. The number of nitrogens with one attached hydrogen (secondary N) is 1. The predicted molar refractivity (Wildman–Crippen MR) is 104 cm³/mol. The highest BCUT2D eigenvalue weighted by atomic mass is 127. The number of hydrogen-bond donors (Lipinski definition) is 2. The third-order valence-electron chi connectivity index (χ3n) is 2.86. The van der Waals surface area contributed by atoms with Gasteiger partial charge in [-0.2, -0.15) is 0 Å². The summed E-state index contributed by atoms with van der Waals surface area (Å²) in [7, 11) is 3.36. The second-order valence-corrected chi connectivity index (χ2v) is 6.12. The molecule has 0 spiro atoms. The van der Waals surface area contributed by atoms with Gasteiger partial charge < -0.3 is 20.7 Å². The minimum atomic E-state index is -0.484. The number of nitrogens with zero attached hydrogens (tertiary/aromatic N) is 2. The Balaban J connectivity index is 0.00000484. The molecule has 1 aromatic rings. The smallest absolute Gasteiger partial charge is 0.410 e. The van der Waals surface area contributed by atoms with Gasteiger partial charge in [0.1, 0.15) is 5.60 Å². The summed E-state index contributed by atoms with van der Waals surface area (Å²) in [5.74, 6) is 0.411. The van der Waals surface area contributed by atoms with Gasteiger partial charge >= 0.3 is 6.09 Å². The van der Waals surface area contributed by atoms with Crippen LogP contribution in [0.5, 0.6) is 0 Å². The van der Waals surface area contributed by atoms with Gasteiger partial charge in [-0.05, 0) is 31.9 Å². The van der Waals surface area contributed by atoms with Crippen LogP contribution in [0, 0.1) is 0 Å². The maximum absolute atomic E-state index is 11.9. The molecule has 1 rings (SSSR count). The molecule has 0 atom stereocenters. The monoisotopic (exact) mass is 434 g/mol. The van der Waals surface area contributed by atoms with Gasteiger partial charge in [0, 0.05) is 27.2 Å². The van der Waals surface area contributed by atoms with E-state index in [0.29, 0.717) is 19.0 Å². The van der Waals surface area contributed by atoms with E-state index in [1.165, 1.54) is 0 Å². The maximum atomic E-state index is 11.9. The van der Waals surface area contributed by atoms with E-state index in [-0.39, 0.29) is 30.1 Å². The van der Waals surface area contributed by atoms with Crippen molar-refractivity contribution in [2.45, 2.75) is 39.5 Å².